The first-order valence-electron chi connectivity index (χ1n) is 8.48. The summed E-state index contributed by atoms with van der Waals surface area (Å²) in [6, 6.07) is 12.6. The molecule has 0 radical (unpaired) electrons. The monoisotopic (exact) mass is 339 g/mol. The highest BCUT2D eigenvalue weighted by atomic mass is 16.2. The minimum absolute atomic E-state index is 0.0620. The van der Waals surface area contributed by atoms with E-state index in [4.69, 9.17) is 0 Å². The SMILES string of the molecule is CCc1cccc(C)c1NC(=O)c1ccc(NC(=O)NC(C)C)cc1. The lowest BCUT2D eigenvalue weighted by atomic mass is 10.1. The van der Waals surface area contributed by atoms with Gasteiger partial charge in [0.1, 0.15) is 0 Å². The molecule has 0 aliphatic carbocycles. The predicted molar refractivity (Wildman–Crippen MR) is 102 cm³/mol. The minimum Gasteiger partial charge on any atom is -0.336 e. The van der Waals surface area contributed by atoms with Gasteiger partial charge in [-0.05, 0) is 62.6 Å². The van der Waals surface area contributed by atoms with Crippen LogP contribution in [-0.2, 0) is 6.42 Å². The first kappa shape index (κ1) is 18.5. The molecule has 0 bridgehead atoms. The van der Waals surface area contributed by atoms with Crippen molar-refractivity contribution in [3.05, 3.63) is 59.2 Å². The molecule has 2 aromatic rings. The number of amides is 3. The van der Waals surface area contributed by atoms with E-state index >= 15 is 0 Å². The molecule has 2 aromatic carbocycles. The molecule has 0 aliphatic rings. The maximum atomic E-state index is 12.5. The number of anilines is 2. The number of hydrogen-bond acceptors (Lipinski definition) is 2. The molecule has 0 unspecified atom stereocenters. The maximum absolute atomic E-state index is 12.5. The fraction of sp³-hybridized carbons (Fsp3) is 0.300. The third kappa shape index (κ3) is 5.08. The van der Waals surface area contributed by atoms with Gasteiger partial charge in [0.25, 0.3) is 5.91 Å². The zero-order chi connectivity index (χ0) is 18.4. The van der Waals surface area contributed by atoms with E-state index in [9.17, 15) is 9.59 Å². The van der Waals surface area contributed by atoms with E-state index in [1.165, 1.54) is 0 Å². The molecule has 0 saturated heterocycles. The normalized spacial score (nSPS) is 10.4. The van der Waals surface area contributed by atoms with Gasteiger partial charge < -0.3 is 16.0 Å². The van der Waals surface area contributed by atoms with Crippen molar-refractivity contribution in [3.63, 3.8) is 0 Å². The maximum Gasteiger partial charge on any atom is 0.319 e. The van der Waals surface area contributed by atoms with Gasteiger partial charge in [-0.2, -0.15) is 0 Å². The lowest BCUT2D eigenvalue weighted by molar-refractivity contribution is 0.102. The minimum atomic E-state index is -0.264. The highest BCUT2D eigenvalue weighted by Crippen LogP contribution is 2.22. The Morgan fingerprint density at radius 2 is 1.68 bits per heavy atom. The van der Waals surface area contributed by atoms with Gasteiger partial charge in [0.15, 0.2) is 0 Å². The average molecular weight is 339 g/mol. The highest BCUT2D eigenvalue weighted by Gasteiger charge is 2.11. The Hall–Kier alpha value is -2.82. The molecular formula is C20H25N3O2. The van der Waals surface area contributed by atoms with Gasteiger partial charge in [0.05, 0.1) is 0 Å². The van der Waals surface area contributed by atoms with Gasteiger partial charge >= 0.3 is 6.03 Å². The standard InChI is InChI=1S/C20H25N3O2/c1-5-15-8-6-7-14(4)18(15)23-19(24)16-9-11-17(12-10-16)22-20(25)21-13(2)3/h6-13H,5H2,1-4H3,(H,23,24)(H2,21,22,25). The lowest BCUT2D eigenvalue weighted by Gasteiger charge is -2.13. The molecule has 132 valence electrons. The molecule has 0 heterocycles. The molecule has 0 atom stereocenters. The van der Waals surface area contributed by atoms with Gasteiger partial charge in [-0.3, -0.25) is 4.79 Å². The topological polar surface area (TPSA) is 70.2 Å². The van der Waals surface area contributed by atoms with Crippen molar-refractivity contribution in [2.24, 2.45) is 0 Å². The number of rotatable bonds is 5. The number of benzene rings is 2. The van der Waals surface area contributed by atoms with Crippen LogP contribution in [0, 0.1) is 6.92 Å². The van der Waals surface area contributed by atoms with Gasteiger partial charge in [0, 0.05) is 23.0 Å². The van der Waals surface area contributed by atoms with Crippen LogP contribution in [0.25, 0.3) is 0 Å². The van der Waals surface area contributed by atoms with Crippen LogP contribution in [0.5, 0.6) is 0 Å². The summed E-state index contributed by atoms with van der Waals surface area (Å²) < 4.78 is 0. The van der Waals surface area contributed by atoms with E-state index in [-0.39, 0.29) is 18.0 Å². The van der Waals surface area contributed by atoms with Crippen molar-refractivity contribution in [3.8, 4) is 0 Å². The van der Waals surface area contributed by atoms with Crippen LogP contribution in [0.1, 0.15) is 42.3 Å². The van der Waals surface area contributed by atoms with E-state index in [0.29, 0.717) is 11.3 Å². The van der Waals surface area contributed by atoms with E-state index < -0.39 is 0 Å². The summed E-state index contributed by atoms with van der Waals surface area (Å²) in [4.78, 5) is 24.2. The molecule has 2 rings (SSSR count). The Morgan fingerprint density at radius 1 is 1.00 bits per heavy atom. The third-order valence-corrected chi connectivity index (χ3v) is 3.80. The number of carbonyl (C=O) groups is 2. The Kier molecular flexibility index (Phi) is 6.17. The number of aryl methyl sites for hydroxylation is 2. The van der Waals surface area contributed by atoms with Crippen molar-refractivity contribution in [2.45, 2.75) is 40.2 Å². The van der Waals surface area contributed by atoms with Crippen molar-refractivity contribution in [1.29, 1.82) is 0 Å². The first-order chi connectivity index (χ1) is 11.9. The number of para-hydroxylation sites is 1. The van der Waals surface area contributed by atoms with Crippen molar-refractivity contribution in [2.75, 3.05) is 10.6 Å². The summed E-state index contributed by atoms with van der Waals surface area (Å²) in [7, 11) is 0. The first-order valence-corrected chi connectivity index (χ1v) is 8.48. The Morgan fingerprint density at radius 3 is 2.28 bits per heavy atom. The molecule has 5 nitrogen and oxygen atoms in total. The van der Waals surface area contributed by atoms with Crippen LogP contribution < -0.4 is 16.0 Å². The molecule has 25 heavy (non-hydrogen) atoms. The Bertz CT molecular complexity index is 752. The van der Waals surface area contributed by atoms with Crippen molar-refractivity contribution < 1.29 is 9.59 Å². The Balaban J connectivity index is 2.07. The molecule has 0 fully saturated rings. The van der Waals surface area contributed by atoms with Gasteiger partial charge in [-0.15, -0.1) is 0 Å². The summed E-state index contributed by atoms with van der Waals surface area (Å²) in [5, 5.41) is 8.48. The summed E-state index contributed by atoms with van der Waals surface area (Å²) >= 11 is 0. The Labute approximate surface area is 148 Å². The van der Waals surface area contributed by atoms with Crippen LogP contribution in [0.2, 0.25) is 0 Å². The van der Waals surface area contributed by atoms with Crippen LogP contribution in [0.15, 0.2) is 42.5 Å². The molecule has 0 saturated carbocycles. The molecule has 0 aliphatic heterocycles. The molecule has 0 spiro atoms. The molecule has 5 heteroatoms. The van der Waals surface area contributed by atoms with Gasteiger partial charge in [0.2, 0.25) is 0 Å². The predicted octanol–water partition coefficient (Wildman–Crippen LogP) is 4.34. The van der Waals surface area contributed by atoms with Gasteiger partial charge in [-0.1, -0.05) is 25.1 Å². The van der Waals surface area contributed by atoms with Crippen LogP contribution in [-0.4, -0.2) is 18.0 Å². The number of urea groups is 1. The van der Waals surface area contributed by atoms with Gasteiger partial charge in [-0.25, -0.2) is 4.79 Å². The zero-order valence-corrected chi connectivity index (χ0v) is 15.1. The average Bonchev–Trinajstić information content (AvgIpc) is 2.56. The van der Waals surface area contributed by atoms with E-state index in [0.717, 1.165) is 23.2 Å². The summed E-state index contributed by atoms with van der Waals surface area (Å²) in [5.74, 6) is -0.165. The van der Waals surface area contributed by atoms with Crippen LogP contribution >= 0.6 is 0 Å². The quantitative estimate of drug-likeness (QED) is 0.758. The van der Waals surface area contributed by atoms with E-state index in [1.54, 1.807) is 24.3 Å². The third-order valence-electron chi connectivity index (χ3n) is 3.80. The van der Waals surface area contributed by atoms with Crippen molar-refractivity contribution in [1.82, 2.24) is 5.32 Å². The smallest absolute Gasteiger partial charge is 0.319 e. The fourth-order valence-corrected chi connectivity index (χ4v) is 2.52. The lowest BCUT2D eigenvalue weighted by Crippen LogP contribution is -2.34. The second kappa shape index (κ2) is 8.33. The van der Waals surface area contributed by atoms with Crippen molar-refractivity contribution >= 4 is 23.3 Å². The summed E-state index contributed by atoms with van der Waals surface area (Å²) in [6.45, 7) is 7.83. The molecule has 3 amide bonds. The largest absolute Gasteiger partial charge is 0.336 e. The summed E-state index contributed by atoms with van der Waals surface area (Å²) in [6.07, 6.45) is 0.852. The molecule has 0 aromatic heterocycles. The van der Waals surface area contributed by atoms with Crippen LogP contribution in [0.3, 0.4) is 0 Å². The summed E-state index contributed by atoms with van der Waals surface area (Å²) in [5.41, 5.74) is 4.20. The second-order valence-electron chi connectivity index (χ2n) is 6.25. The van der Waals surface area contributed by atoms with E-state index in [1.807, 2.05) is 39.0 Å². The highest BCUT2D eigenvalue weighted by molar-refractivity contribution is 6.05. The van der Waals surface area contributed by atoms with Crippen LogP contribution in [0.4, 0.5) is 16.2 Å². The second-order valence-corrected chi connectivity index (χ2v) is 6.25. The number of nitrogens with one attached hydrogen (secondary N) is 3. The number of hydrogen-bond donors (Lipinski definition) is 3. The number of carbonyl (C=O) groups excluding carboxylic acids is 2. The molecule has 3 N–H and O–H groups in total. The fourth-order valence-electron chi connectivity index (χ4n) is 2.52. The zero-order valence-electron chi connectivity index (χ0n) is 15.1. The molecular weight excluding hydrogens is 314 g/mol. The van der Waals surface area contributed by atoms with E-state index in [2.05, 4.69) is 22.9 Å².